The molecule has 0 spiro atoms. The normalized spacial score (nSPS) is 16.9. The fourth-order valence-corrected chi connectivity index (χ4v) is 2.97. The quantitative estimate of drug-likeness (QED) is 0.881. The highest BCUT2D eigenvalue weighted by Crippen LogP contribution is 2.31. The maximum Gasteiger partial charge on any atom is 0.251 e. The molecule has 3 rings (SSSR count). The molecular formula is C20H22N2O3. The first kappa shape index (κ1) is 17.0. The molecule has 0 fully saturated rings. The Labute approximate surface area is 147 Å². The number of carbonyl (C=O) groups excluding carboxylic acids is 2. The number of fused-ring (bicyclic) bond motifs is 1. The molecule has 0 aliphatic carbocycles. The number of hydrogen-bond donors (Lipinski definition) is 2. The summed E-state index contributed by atoms with van der Waals surface area (Å²) < 4.78 is 5.61. The predicted molar refractivity (Wildman–Crippen MR) is 95.4 cm³/mol. The fourth-order valence-electron chi connectivity index (χ4n) is 2.97. The van der Waals surface area contributed by atoms with Crippen molar-refractivity contribution in [3.05, 3.63) is 65.7 Å². The van der Waals surface area contributed by atoms with Crippen LogP contribution in [0.3, 0.4) is 0 Å². The lowest BCUT2D eigenvalue weighted by Crippen LogP contribution is -2.39. The van der Waals surface area contributed by atoms with Gasteiger partial charge < -0.3 is 15.4 Å². The first-order valence-electron chi connectivity index (χ1n) is 8.50. The summed E-state index contributed by atoms with van der Waals surface area (Å²) in [5.74, 6) is 0.573. The molecule has 130 valence electrons. The van der Waals surface area contributed by atoms with Gasteiger partial charge in [0.05, 0.1) is 12.6 Å². The summed E-state index contributed by atoms with van der Waals surface area (Å²) in [6.07, 6.45) is 0.978. The molecule has 0 radical (unpaired) electrons. The van der Waals surface area contributed by atoms with Crippen molar-refractivity contribution in [2.45, 2.75) is 31.8 Å². The molecule has 0 saturated carbocycles. The van der Waals surface area contributed by atoms with Crippen LogP contribution in [-0.2, 0) is 4.79 Å². The van der Waals surface area contributed by atoms with Crippen LogP contribution in [0.4, 0.5) is 0 Å². The molecule has 5 nitrogen and oxygen atoms in total. The van der Waals surface area contributed by atoms with Crippen molar-refractivity contribution in [2.24, 2.45) is 0 Å². The highest BCUT2D eigenvalue weighted by Gasteiger charge is 2.23. The zero-order valence-electron chi connectivity index (χ0n) is 14.2. The second kappa shape index (κ2) is 7.83. The molecular weight excluding hydrogens is 316 g/mol. The van der Waals surface area contributed by atoms with E-state index < -0.39 is 0 Å². The van der Waals surface area contributed by atoms with Gasteiger partial charge in [-0.25, -0.2) is 0 Å². The fraction of sp³-hybridized carbons (Fsp3) is 0.300. The summed E-state index contributed by atoms with van der Waals surface area (Å²) in [4.78, 5) is 24.5. The topological polar surface area (TPSA) is 67.4 Å². The third kappa shape index (κ3) is 4.38. The average Bonchev–Trinajstić information content (AvgIpc) is 2.62. The SMILES string of the molecule is C[C@H](CC(=O)N[C@@H]1CCOc2ccccc21)NC(=O)c1ccccc1. The van der Waals surface area contributed by atoms with E-state index in [1.165, 1.54) is 0 Å². The number of ether oxygens (including phenoxy) is 1. The maximum atomic E-state index is 12.3. The molecule has 25 heavy (non-hydrogen) atoms. The summed E-state index contributed by atoms with van der Waals surface area (Å²) >= 11 is 0. The second-order valence-electron chi connectivity index (χ2n) is 6.24. The molecule has 0 saturated heterocycles. The molecule has 2 aromatic carbocycles. The highest BCUT2D eigenvalue weighted by molar-refractivity contribution is 5.94. The van der Waals surface area contributed by atoms with Gasteiger partial charge >= 0.3 is 0 Å². The molecule has 2 atom stereocenters. The minimum Gasteiger partial charge on any atom is -0.493 e. The van der Waals surface area contributed by atoms with Crippen molar-refractivity contribution in [3.8, 4) is 5.75 Å². The molecule has 1 aliphatic heterocycles. The van der Waals surface area contributed by atoms with Gasteiger partial charge in [-0.1, -0.05) is 36.4 Å². The third-order valence-electron chi connectivity index (χ3n) is 4.20. The molecule has 1 heterocycles. The number of nitrogens with one attached hydrogen (secondary N) is 2. The zero-order chi connectivity index (χ0) is 17.6. The van der Waals surface area contributed by atoms with E-state index in [1.807, 2.05) is 49.4 Å². The number of benzene rings is 2. The highest BCUT2D eigenvalue weighted by atomic mass is 16.5. The Morgan fingerprint density at radius 1 is 1.12 bits per heavy atom. The van der Waals surface area contributed by atoms with Gasteiger partial charge in [-0.05, 0) is 25.1 Å². The molecule has 0 bridgehead atoms. The first-order valence-corrected chi connectivity index (χ1v) is 8.50. The van der Waals surface area contributed by atoms with Gasteiger partial charge in [-0.2, -0.15) is 0 Å². The van der Waals surface area contributed by atoms with Crippen molar-refractivity contribution in [1.82, 2.24) is 10.6 Å². The minimum absolute atomic E-state index is 0.0468. The van der Waals surface area contributed by atoms with Crippen molar-refractivity contribution in [2.75, 3.05) is 6.61 Å². The lowest BCUT2D eigenvalue weighted by atomic mass is 10.0. The summed E-state index contributed by atoms with van der Waals surface area (Å²) in [5.41, 5.74) is 1.59. The molecule has 1 aliphatic rings. The summed E-state index contributed by atoms with van der Waals surface area (Å²) in [6.45, 7) is 2.42. The summed E-state index contributed by atoms with van der Waals surface area (Å²) in [5, 5.41) is 5.91. The van der Waals surface area contributed by atoms with Gasteiger partial charge in [0.15, 0.2) is 0 Å². The first-order chi connectivity index (χ1) is 12.1. The van der Waals surface area contributed by atoms with Crippen LogP contribution in [-0.4, -0.2) is 24.5 Å². The lowest BCUT2D eigenvalue weighted by Gasteiger charge is -2.27. The Hall–Kier alpha value is -2.82. The molecule has 0 aromatic heterocycles. The van der Waals surface area contributed by atoms with E-state index in [0.29, 0.717) is 12.2 Å². The van der Waals surface area contributed by atoms with Crippen LogP contribution in [0.2, 0.25) is 0 Å². The summed E-state index contributed by atoms with van der Waals surface area (Å²) in [6, 6.07) is 16.4. The molecule has 0 unspecified atom stereocenters. The Morgan fingerprint density at radius 3 is 2.64 bits per heavy atom. The van der Waals surface area contributed by atoms with Crippen LogP contribution >= 0.6 is 0 Å². The third-order valence-corrected chi connectivity index (χ3v) is 4.20. The van der Waals surface area contributed by atoms with Crippen LogP contribution in [0.15, 0.2) is 54.6 Å². The number of carbonyl (C=O) groups is 2. The van der Waals surface area contributed by atoms with Crippen LogP contribution in [0, 0.1) is 0 Å². The number of hydrogen-bond acceptors (Lipinski definition) is 3. The Kier molecular flexibility index (Phi) is 5.33. The predicted octanol–water partition coefficient (Wildman–Crippen LogP) is 2.84. The van der Waals surface area contributed by atoms with Crippen LogP contribution in [0.1, 0.15) is 41.7 Å². The van der Waals surface area contributed by atoms with E-state index in [0.717, 1.165) is 17.7 Å². The van der Waals surface area contributed by atoms with Crippen LogP contribution in [0.5, 0.6) is 5.75 Å². The molecule has 5 heteroatoms. The van der Waals surface area contributed by atoms with Crippen LogP contribution < -0.4 is 15.4 Å². The van der Waals surface area contributed by atoms with Gasteiger partial charge in [0, 0.05) is 30.0 Å². The zero-order valence-corrected chi connectivity index (χ0v) is 14.2. The van der Waals surface area contributed by atoms with E-state index in [-0.39, 0.29) is 30.3 Å². The van der Waals surface area contributed by atoms with Gasteiger partial charge in [-0.3, -0.25) is 9.59 Å². The largest absolute Gasteiger partial charge is 0.493 e. The van der Waals surface area contributed by atoms with E-state index in [2.05, 4.69) is 10.6 Å². The minimum atomic E-state index is -0.247. The van der Waals surface area contributed by atoms with Crippen molar-refractivity contribution in [1.29, 1.82) is 0 Å². The Balaban J connectivity index is 1.54. The van der Waals surface area contributed by atoms with Crippen molar-refractivity contribution < 1.29 is 14.3 Å². The second-order valence-corrected chi connectivity index (χ2v) is 6.24. The lowest BCUT2D eigenvalue weighted by molar-refractivity contribution is -0.122. The van der Waals surface area contributed by atoms with Crippen molar-refractivity contribution in [3.63, 3.8) is 0 Å². The van der Waals surface area contributed by atoms with Gasteiger partial charge in [0.1, 0.15) is 5.75 Å². The van der Waals surface area contributed by atoms with Gasteiger partial charge in [0.25, 0.3) is 5.91 Å². The number of amides is 2. The van der Waals surface area contributed by atoms with Crippen molar-refractivity contribution >= 4 is 11.8 Å². The number of rotatable bonds is 5. The Bertz CT molecular complexity index is 746. The number of para-hydroxylation sites is 1. The maximum absolute atomic E-state index is 12.3. The average molecular weight is 338 g/mol. The van der Waals surface area contributed by atoms with E-state index >= 15 is 0 Å². The standard InChI is InChI=1S/C20H22N2O3/c1-14(21-20(24)15-7-3-2-4-8-15)13-19(23)22-17-11-12-25-18-10-6-5-9-16(17)18/h2-10,14,17H,11-13H2,1H3,(H,21,24)(H,22,23)/t14-,17-/m1/s1. The monoisotopic (exact) mass is 338 g/mol. The summed E-state index contributed by atoms with van der Waals surface area (Å²) in [7, 11) is 0. The van der Waals surface area contributed by atoms with E-state index in [4.69, 9.17) is 4.74 Å². The van der Waals surface area contributed by atoms with Crippen LogP contribution in [0.25, 0.3) is 0 Å². The molecule has 2 N–H and O–H groups in total. The smallest absolute Gasteiger partial charge is 0.251 e. The molecule has 2 aromatic rings. The molecule has 2 amide bonds. The van der Waals surface area contributed by atoms with E-state index in [9.17, 15) is 9.59 Å². The van der Waals surface area contributed by atoms with Gasteiger partial charge in [0.2, 0.25) is 5.91 Å². The van der Waals surface area contributed by atoms with E-state index in [1.54, 1.807) is 12.1 Å². The Morgan fingerprint density at radius 2 is 1.84 bits per heavy atom. The van der Waals surface area contributed by atoms with Gasteiger partial charge in [-0.15, -0.1) is 0 Å².